The van der Waals surface area contributed by atoms with Crippen LogP contribution in [-0.2, 0) is 0 Å². The molecule has 0 bridgehead atoms. The van der Waals surface area contributed by atoms with Gasteiger partial charge in [0.05, 0.1) is 0 Å². The minimum Gasteiger partial charge on any atom is -0.543 e. The van der Waals surface area contributed by atoms with Gasteiger partial charge in [0, 0.05) is 10.5 Å². The van der Waals surface area contributed by atoms with Gasteiger partial charge in [0.25, 0.3) is 0 Å². The molecule has 17 heavy (non-hydrogen) atoms. The largest absolute Gasteiger partial charge is 0.543 e. The van der Waals surface area contributed by atoms with Gasteiger partial charge in [0.2, 0.25) is 8.32 Å². The minimum absolute atomic E-state index is 0.112. The minimum atomic E-state index is -1.90. The van der Waals surface area contributed by atoms with Gasteiger partial charge in [0.1, 0.15) is 11.6 Å². The third-order valence-corrected chi connectivity index (χ3v) is 8.62. The van der Waals surface area contributed by atoms with Crippen LogP contribution in [0.2, 0.25) is 18.1 Å². The third-order valence-electron chi connectivity index (χ3n) is 3.43. The first kappa shape index (κ1) is 14.7. The fourth-order valence-electron chi connectivity index (χ4n) is 1.13. The van der Waals surface area contributed by atoms with Crippen molar-refractivity contribution in [1.82, 2.24) is 0 Å². The zero-order valence-electron chi connectivity index (χ0n) is 11.3. The standard InChI is InChI=1S/C13H20BrFOSi/c1-9-11(14)7-10(8-12(9)15)16-17(5,6)13(2,3)4/h7-8H,1-6H3. The molecule has 0 aliphatic carbocycles. The zero-order valence-corrected chi connectivity index (χ0v) is 13.9. The summed E-state index contributed by atoms with van der Waals surface area (Å²) in [7, 11) is -1.90. The van der Waals surface area contributed by atoms with E-state index in [0.29, 0.717) is 11.3 Å². The Morgan fingerprint density at radius 1 is 1.24 bits per heavy atom. The lowest BCUT2D eigenvalue weighted by Crippen LogP contribution is -2.43. The molecule has 0 N–H and O–H groups in total. The zero-order chi connectivity index (χ0) is 13.4. The van der Waals surface area contributed by atoms with Crippen LogP contribution in [0.1, 0.15) is 26.3 Å². The third kappa shape index (κ3) is 3.32. The van der Waals surface area contributed by atoms with Gasteiger partial charge >= 0.3 is 0 Å². The molecule has 1 nitrogen and oxygen atoms in total. The maximum atomic E-state index is 13.6. The summed E-state index contributed by atoms with van der Waals surface area (Å²) >= 11 is 3.35. The van der Waals surface area contributed by atoms with E-state index in [9.17, 15) is 4.39 Å². The molecule has 0 aliphatic heterocycles. The van der Waals surface area contributed by atoms with E-state index < -0.39 is 8.32 Å². The van der Waals surface area contributed by atoms with Crippen LogP contribution in [0, 0.1) is 12.7 Å². The van der Waals surface area contributed by atoms with Crippen molar-refractivity contribution in [2.75, 3.05) is 0 Å². The summed E-state index contributed by atoms with van der Waals surface area (Å²) in [5.41, 5.74) is 0.618. The molecule has 1 aromatic rings. The van der Waals surface area contributed by atoms with Crippen LogP contribution in [-0.4, -0.2) is 8.32 Å². The summed E-state index contributed by atoms with van der Waals surface area (Å²) in [6.07, 6.45) is 0. The molecule has 0 atom stereocenters. The number of hydrogen-bond acceptors (Lipinski definition) is 1. The van der Waals surface area contributed by atoms with Crippen molar-refractivity contribution in [3.63, 3.8) is 0 Å². The molecular weight excluding hydrogens is 299 g/mol. The monoisotopic (exact) mass is 318 g/mol. The highest BCUT2D eigenvalue weighted by molar-refractivity contribution is 9.10. The maximum absolute atomic E-state index is 13.6. The Morgan fingerprint density at radius 3 is 2.18 bits per heavy atom. The summed E-state index contributed by atoms with van der Waals surface area (Å²) in [4.78, 5) is 0. The molecule has 0 radical (unpaired) electrons. The fraction of sp³-hybridized carbons (Fsp3) is 0.538. The van der Waals surface area contributed by atoms with Gasteiger partial charge in [-0.25, -0.2) is 4.39 Å². The van der Waals surface area contributed by atoms with E-state index in [-0.39, 0.29) is 10.9 Å². The van der Waals surface area contributed by atoms with Crippen LogP contribution in [0.5, 0.6) is 5.75 Å². The van der Waals surface area contributed by atoms with Crippen LogP contribution < -0.4 is 4.43 Å². The molecule has 1 rings (SSSR count). The first-order valence-electron chi connectivity index (χ1n) is 5.69. The molecule has 0 unspecified atom stereocenters. The first-order chi connectivity index (χ1) is 7.54. The Morgan fingerprint density at radius 2 is 1.76 bits per heavy atom. The molecule has 0 saturated heterocycles. The van der Waals surface area contributed by atoms with Crippen molar-refractivity contribution in [3.8, 4) is 5.75 Å². The van der Waals surface area contributed by atoms with Gasteiger partial charge in [0.15, 0.2) is 0 Å². The van der Waals surface area contributed by atoms with E-state index in [4.69, 9.17) is 4.43 Å². The van der Waals surface area contributed by atoms with Gasteiger partial charge in [-0.05, 0) is 36.7 Å². The molecule has 96 valence electrons. The van der Waals surface area contributed by atoms with Crippen molar-refractivity contribution in [1.29, 1.82) is 0 Å². The smallest absolute Gasteiger partial charge is 0.250 e. The lowest BCUT2D eigenvalue weighted by molar-refractivity contribution is 0.486. The van der Waals surface area contributed by atoms with Gasteiger partial charge < -0.3 is 4.43 Å². The number of benzene rings is 1. The number of halogens is 2. The second-order valence-electron chi connectivity index (χ2n) is 5.87. The number of hydrogen-bond donors (Lipinski definition) is 0. The van der Waals surface area contributed by atoms with Crippen molar-refractivity contribution in [2.45, 2.75) is 45.8 Å². The van der Waals surface area contributed by atoms with E-state index >= 15 is 0 Å². The van der Waals surface area contributed by atoms with E-state index in [1.165, 1.54) is 6.07 Å². The topological polar surface area (TPSA) is 9.23 Å². The summed E-state index contributed by atoms with van der Waals surface area (Å²) in [5, 5.41) is 0.112. The van der Waals surface area contributed by atoms with E-state index in [0.717, 1.165) is 4.47 Å². The highest BCUT2D eigenvalue weighted by Crippen LogP contribution is 2.38. The van der Waals surface area contributed by atoms with E-state index in [1.807, 2.05) is 6.07 Å². The van der Waals surface area contributed by atoms with Crippen molar-refractivity contribution in [3.05, 3.63) is 28.0 Å². The Hall–Kier alpha value is -0.353. The van der Waals surface area contributed by atoms with Gasteiger partial charge in [-0.15, -0.1) is 0 Å². The predicted molar refractivity (Wildman–Crippen MR) is 76.7 cm³/mol. The molecule has 0 amide bonds. The summed E-state index contributed by atoms with van der Waals surface area (Å²) in [5.74, 6) is 0.389. The molecular formula is C13H20BrFOSi. The molecule has 0 spiro atoms. The fourth-order valence-corrected chi connectivity index (χ4v) is 2.56. The highest BCUT2D eigenvalue weighted by Gasteiger charge is 2.39. The van der Waals surface area contributed by atoms with Crippen LogP contribution in [0.3, 0.4) is 0 Å². The normalized spacial score (nSPS) is 12.7. The van der Waals surface area contributed by atoms with E-state index in [1.54, 1.807) is 6.92 Å². The Bertz CT molecular complexity index is 401. The van der Waals surface area contributed by atoms with Crippen LogP contribution in [0.15, 0.2) is 16.6 Å². The van der Waals surface area contributed by atoms with Gasteiger partial charge in [-0.2, -0.15) is 0 Å². The Labute approximate surface area is 113 Å². The lowest BCUT2D eigenvalue weighted by atomic mass is 10.2. The number of rotatable bonds is 2. The van der Waals surface area contributed by atoms with Gasteiger partial charge in [-0.3, -0.25) is 0 Å². The second kappa shape index (κ2) is 4.73. The molecule has 0 saturated carbocycles. The molecule has 0 heterocycles. The maximum Gasteiger partial charge on any atom is 0.250 e. The Balaban J connectivity index is 3.05. The van der Waals surface area contributed by atoms with Crippen molar-refractivity contribution < 1.29 is 8.82 Å². The average Bonchev–Trinajstić information content (AvgIpc) is 2.11. The second-order valence-corrected chi connectivity index (χ2v) is 11.5. The predicted octanol–water partition coefficient (Wildman–Crippen LogP) is 5.28. The quantitative estimate of drug-likeness (QED) is 0.674. The average molecular weight is 319 g/mol. The van der Waals surface area contributed by atoms with Gasteiger partial charge in [-0.1, -0.05) is 36.7 Å². The first-order valence-corrected chi connectivity index (χ1v) is 9.39. The summed E-state index contributed by atoms with van der Waals surface area (Å²) in [6.45, 7) is 12.5. The molecule has 0 fully saturated rings. The lowest BCUT2D eigenvalue weighted by Gasteiger charge is -2.36. The summed E-state index contributed by atoms with van der Waals surface area (Å²) in [6, 6.07) is 3.32. The SMILES string of the molecule is Cc1c(F)cc(O[Si](C)(C)C(C)(C)C)cc1Br. The van der Waals surface area contributed by atoms with Crippen molar-refractivity contribution in [2.24, 2.45) is 0 Å². The molecule has 0 aromatic heterocycles. The Kier molecular flexibility index (Phi) is 4.09. The molecule has 4 heteroatoms. The summed E-state index contributed by atoms with van der Waals surface area (Å²) < 4.78 is 20.4. The van der Waals surface area contributed by atoms with Crippen LogP contribution in [0.25, 0.3) is 0 Å². The molecule has 1 aromatic carbocycles. The molecule has 0 aliphatic rings. The van der Waals surface area contributed by atoms with Crippen LogP contribution >= 0.6 is 15.9 Å². The van der Waals surface area contributed by atoms with Crippen molar-refractivity contribution >= 4 is 24.2 Å². The van der Waals surface area contributed by atoms with Crippen LogP contribution in [0.4, 0.5) is 4.39 Å². The highest BCUT2D eigenvalue weighted by atomic mass is 79.9. The van der Waals surface area contributed by atoms with E-state index in [2.05, 4.69) is 49.8 Å².